The zero-order valence-corrected chi connectivity index (χ0v) is 12.0. The van der Waals surface area contributed by atoms with Crippen LogP contribution in [0, 0.1) is 13.8 Å². The van der Waals surface area contributed by atoms with Gasteiger partial charge in [-0.2, -0.15) is 5.10 Å². The molecule has 18 heavy (non-hydrogen) atoms. The van der Waals surface area contributed by atoms with E-state index in [-0.39, 0.29) is 0 Å². The highest BCUT2D eigenvalue weighted by atomic mass is 16.5. The summed E-state index contributed by atoms with van der Waals surface area (Å²) < 4.78 is 4.99. The predicted molar refractivity (Wildman–Crippen MR) is 74.0 cm³/mol. The standard InChI is InChI=1S/C13H26N4O/c1-10(9-14-7-8-18-4)15-6-5-13-11(2)16-17-12(13)3/h10,14-15H,5-9H2,1-4H3,(H,16,17). The molecule has 0 aliphatic rings. The average molecular weight is 254 g/mol. The van der Waals surface area contributed by atoms with Crippen molar-refractivity contribution in [2.75, 3.05) is 33.4 Å². The van der Waals surface area contributed by atoms with Gasteiger partial charge >= 0.3 is 0 Å². The monoisotopic (exact) mass is 254 g/mol. The first-order valence-corrected chi connectivity index (χ1v) is 6.58. The van der Waals surface area contributed by atoms with Crippen LogP contribution < -0.4 is 10.6 Å². The molecule has 0 fully saturated rings. The SMILES string of the molecule is COCCNCC(C)NCCc1c(C)n[nH]c1C. The molecule has 1 atom stereocenters. The minimum Gasteiger partial charge on any atom is -0.383 e. The Balaban J connectivity index is 2.13. The fourth-order valence-corrected chi connectivity index (χ4v) is 1.95. The van der Waals surface area contributed by atoms with Gasteiger partial charge < -0.3 is 15.4 Å². The topological polar surface area (TPSA) is 62.0 Å². The van der Waals surface area contributed by atoms with Gasteiger partial charge in [-0.3, -0.25) is 5.10 Å². The minimum atomic E-state index is 0.467. The molecular weight excluding hydrogens is 228 g/mol. The van der Waals surface area contributed by atoms with Gasteiger partial charge in [-0.1, -0.05) is 0 Å². The highest BCUT2D eigenvalue weighted by molar-refractivity contribution is 5.23. The van der Waals surface area contributed by atoms with Gasteiger partial charge in [-0.15, -0.1) is 0 Å². The lowest BCUT2D eigenvalue weighted by Crippen LogP contribution is -2.38. The van der Waals surface area contributed by atoms with Gasteiger partial charge in [-0.25, -0.2) is 0 Å². The van der Waals surface area contributed by atoms with Crippen LogP contribution in [0.25, 0.3) is 0 Å². The number of nitrogens with one attached hydrogen (secondary N) is 3. The summed E-state index contributed by atoms with van der Waals surface area (Å²) in [6.45, 7) is 9.93. The maximum Gasteiger partial charge on any atom is 0.0626 e. The number of aromatic amines is 1. The molecule has 0 aliphatic heterocycles. The highest BCUT2D eigenvalue weighted by Gasteiger charge is 2.06. The zero-order valence-electron chi connectivity index (χ0n) is 12.0. The highest BCUT2D eigenvalue weighted by Crippen LogP contribution is 2.09. The second kappa shape index (κ2) is 8.24. The summed E-state index contributed by atoms with van der Waals surface area (Å²) in [7, 11) is 1.72. The Morgan fingerprint density at radius 1 is 1.33 bits per heavy atom. The lowest BCUT2D eigenvalue weighted by molar-refractivity contribution is 0.198. The molecule has 5 nitrogen and oxygen atoms in total. The first-order valence-electron chi connectivity index (χ1n) is 6.58. The molecule has 0 aromatic carbocycles. The van der Waals surface area contributed by atoms with Crippen molar-refractivity contribution >= 4 is 0 Å². The molecule has 1 aromatic rings. The molecule has 0 saturated heterocycles. The van der Waals surface area contributed by atoms with E-state index in [1.165, 1.54) is 11.3 Å². The third-order valence-electron chi connectivity index (χ3n) is 3.08. The normalized spacial score (nSPS) is 12.9. The van der Waals surface area contributed by atoms with Crippen molar-refractivity contribution in [3.05, 3.63) is 17.0 Å². The molecule has 3 N–H and O–H groups in total. The van der Waals surface area contributed by atoms with Crippen LogP contribution in [0.2, 0.25) is 0 Å². The average Bonchev–Trinajstić information content (AvgIpc) is 2.66. The van der Waals surface area contributed by atoms with Crippen LogP contribution in [-0.4, -0.2) is 49.6 Å². The van der Waals surface area contributed by atoms with Crippen molar-refractivity contribution in [3.63, 3.8) is 0 Å². The van der Waals surface area contributed by atoms with Crippen LogP contribution in [0.3, 0.4) is 0 Å². The van der Waals surface area contributed by atoms with Crippen molar-refractivity contribution in [1.29, 1.82) is 0 Å². The van der Waals surface area contributed by atoms with Gasteiger partial charge in [-0.05, 0) is 39.3 Å². The van der Waals surface area contributed by atoms with Crippen LogP contribution in [0.1, 0.15) is 23.9 Å². The van der Waals surface area contributed by atoms with E-state index in [0.717, 1.165) is 38.4 Å². The van der Waals surface area contributed by atoms with E-state index < -0.39 is 0 Å². The largest absolute Gasteiger partial charge is 0.383 e. The Kier molecular flexibility index (Phi) is 6.93. The van der Waals surface area contributed by atoms with E-state index in [9.17, 15) is 0 Å². The molecular formula is C13H26N4O. The molecule has 0 saturated carbocycles. The summed E-state index contributed by atoms with van der Waals surface area (Å²) >= 11 is 0. The summed E-state index contributed by atoms with van der Waals surface area (Å²) in [4.78, 5) is 0. The smallest absolute Gasteiger partial charge is 0.0626 e. The summed E-state index contributed by atoms with van der Waals surface area (Å²) in [5.74, 6) is 0. The van der Waals surface area contributed by atoms with E-state index in [2.05, 4.69) is 41.6 Å². The Hall–Kier alpha value is -0.910. The fraction of sp³-hybridized carbons (Fsp3) is 0.769. The lowest BCUT2D eigenvalue weighted by Gasteiger charge is -2.14. The third kappa shape index (κ3) is 5.16. The second-order valence-corrected chi connectivity index (χ2v) is 4.71. The number of aromatic nitrogens is 2. The molecule has 1 unspecified atom stereocenters. The number of nitrogens with zero attached hydrogens (tertiary/aromatic N) is 1. The first-order chi connectivity index (χ1) is 8.65. The number of rotatable bonds is 9. The Bertz CT molecular complexity index is 318. The van der Waals surface area contributed by atoms with Gasteiger partial charge in [0.25, 0.3) is 0 Å². The van der Waals surface area contributed by atoms with Gasteiger partial charge in [0.05, 0.1) is 12.3 Å². The summed E-state index contributed by atoms with van der Waals surface area (Å²) in [5, 5.41) is 14.1. The van der Waals surface area contributed by atoms with Crippen molar-refractivity contribution < 1.29 is 4.74 Å². The Morgan fingerprint density at radius 2 is 2.11 bits per heavy atom. The molecule has 0 radical (unpaired) electrons. The summed E-state index contributed by atoms with van der Waals surface area (Å²) in [6.07, 6.45) is 1.02. The van der Waals surface area contributed by atoms with E-state index in [0.29, 0.717) is 6.04 Å². The number of hydrogen-bond donors (Lipinski definition) is 3. The second-order valence-electron chi connectivity index (χ2n) is 4.71. The van der Waals surface area contributed by atoms with Crippen molar-refractivity contribution in [1.82, 2.24) is 20.8 Å². The first kappa shape index (κ1) is 15.1. The molecule has 0 amide bonds. The molecule has 0 aliphatic carbocycles. The number of ether oxygens (including phenoxy) is 1. The molecule has 1 aromatic heterocycles. The van der Waals surface area contributed by atoms with E-state index in [1.54, 1.807) is 7.11 Å². The van der Waals surface area contributed by atoms with Crippen LogP contribution in [-0.2, 0) is 11.2 Å². The summed E-state index contributed by atoms with van der Waals surface area (Å²) in [6, 6.07) is 0.467. The number of methoxy groups -OCH3 is 1. The van der Waals surface area contributed by atoms with E-state index in [4.69, 9.17) is 4.74 Å². The Morgan fingerprint density at radius 3 is 2.72 bits per heavy atom. The Labute approximate surface area is 110 Å². The maximum atomic E-state index is 4.99. The van der Waals surface area contributed by atoms with Crippen LogP contribution in [0.5, 0.6) is 0 Å². The molecule has 1 rings (SSSR count). The van der Waals surface area contributed by atoms with E-state index in [1.807, 2.05) is 0 Å². The molecule has 1 heterocycles. The van der Waals surface area contributed by atoms with Crippen LogP contribution in [0.4, 0.5) is 0 Å². The van der Waals surface area contributed by atoms with E-state index >= 15 is 0 Å². The van der Waals surface area contributed by atoms with Gasteiger partial charge in [0.2, 0.25) is 0 Å². The predicted octanol–water partition coefficient (Wildman–Crippen LogP) is 0.783. The third-order valence-corrected chi connectivity index (χ3v) is 3.08. The number of aryl methyl sites for hydroxylation is 2. The maximum absolute atomic E-state index is 4.99. The molecule has 104 valence electrons. The fourth-order valence-electron chi connectivity index (χ4n) is 1.95. The van der Waals surface area contributed by atoms with Crippen molar-refractivity contribution in [2.45, 2.75) is 33.2 Å². The van der Waals surface area contributed by atoms with Crippen molar-refractivity contribution in [3.8, 4) is 0 Å². The molecule has 0 spiro atoms. The number of hydrogen-bond acceptors (Lipinski definition) is 4. The minimum absolute atomic E-state index is 0.467. The summed E-state index contributed by atoms with van der Waals surface area (Å²) in [5.41, 5.74) is 3.63. The van der Waals surface area contributed by atoms with Crippen molar-refractivity contribution in [2.24, 2.45) is 0 Å². The zero-order chi connectivity index (χ0) is 13.4. The lowest BCUT2D eigenvalue weighted by atomic mass is 10.1. The number of H-pyrrole nitrogens is 1. The van der Waals surface area contributed by atoms with Gasteiger partial charge in [0.15, 0.2) is 0 Å². The quantitative estimate of drug-likeness (QED) is 0.570. The molecule has 5 heteroatoms. The van der Waals surface area contributed by atoms with Gasteiger partial charge in [0, 0.05) is 31.9 Å². The van der Waals surface area contributed by atoms with Crippen LogP contribution >= 0.6 is 0 Å². The van der Waals surface area contributed by atoms with Gasteiger partial charge in [0.1, 0.15) is 0 Å². The molecule has 0 bridgehead atoms. The van der Waals surface area contributed by atoms with Crippen LogP contribution in [0.15, 0.2) is 0 Å².